The quantitative estimate of drug-likeness (QED) is 0.629. The van der Waals surface area contributed by atoms with Gasteiger partial charge in [-0.2, -0.15) is 0 Å². The van der Waals surface area contributed by atoms with Gasteiger partial charge in [-0.1, -0.05) is 6.42 Å². The Balaban J connectivity index is 0.00000121. The van der Waals surface area contributed by atoms with Crippen LogP contribution < -0.4 is 5.32 Å². The normalized spacial score (nSPS) is 20.4. The topological polar surface area (TPSA) is 76.0 Å². The van der Waals surface area contributed by atoms with E-state index in [0.717, 1.165) is 44.6 Å². The highest BCUT2D eigenvalue weighted by Gasteiger charge is 2.35. The second-order valence-corrected chi connectivity index (χ2v) is 5.79. The summed E-state index contributed by atoms with van der Waals surface area (Å²) in [6.07, 6.45) is 3.56. The molecule has 1 atom stereocenters. The monoisotopic (exact) mass is 350 g/mol. The molecular weight excluding hydrogens is 327 g/mol. The lowest BCUT2D eigenvalue weighted by molar-refractivity contribution is 0.0816. The van der Waals surface area contributed by atoms with Crippen LogP contribution in [-0.2, 0) is 0 Å². The Labute approximate surface area is 143 Å². The van der Waals surface area contributed by atoms with Gasteiger partial charge in [0.05, 0.1) is 0 Å². The summed E-state index contributed by atoms with van der Waals surface area (Å²) in [5.41, 5.74) is 0.743. The van der Waals surface area contributed by atoms with Crippen molar-refractivity contribution >= 4 is 24.8 Å². The van der Waals surface area contributed by atoms with Gasteiger partial charge in [-0.05, 0) is 30.9 Å². The summed E-state index contributed by atoms with van der Waals surface area (Å²) in [4.78, 5) is 2.38. The third-order valence-corrected chi connectivity index (χ3v) is 4.62. The van der Waals surface area contributed by atoms with E-state index in [2.05, 4.69) is 10.2 Å². The number of phenols is 3. The first-order valence-electron chi connectivity index (χ1n) is 7.37. The van der Waals surface area contributed by atoms with E-state index < -0.39 is 5.75 Å². The molecule has 22 heavy (non-hydrogen) atoms. The number of phenolic OH excluding ortho intramolecular Hbond substituents is 3. The van der Waals surface area contributed by atoms with Crippen molar-refractivity contribution < 1.29 is 15.3 Å². The van der Waals surface area contributed by atoms with Crippen LogP contribution in [0.5, 0.6) is 17.2 Å². The summed E-state index contributed by atoms with van der Waals surface area (Å²) in [6.45, 7) is 3.80. The number of aromatic hydroxyl groups is 3. The Kier molecular flexibility index (Phi) is 7.06. The molecule has 2 aliphatic rings. The maximum Gasteiger partial charge on any atom is 0.200 e. The van der Waals surface area contributed by atoms with Gasteiger partial charge in [-0.25, -0.2) is 0 Å². The first-order valence-corrected chi connectivity index (χ1v) is 7.37. The second-order valence-electron chi connectivity index (χ2n) is 5.79. The molecule has 0 bridgehead atoms. The molecule has 1 saturated carbocycles. The van der Waals surface area contributed by atoms with Crippen molar-refractivity contribution in [2.45, 2.75) is 25.3 Å². The number of nitrogens with zero attached hydrogens (tertiary/aromatic N) is 1. The van der Waals surface area contributed by atoms with Gasteiger partial charge >= 0.3 is 0 Å². The molecule has 1 aromatic rings. The van der Waals surface area contributed by atoms with Crippen LogP contribution in [-0.4, -0.2) is 46.4 Å². The molecular formula is C15H24Cl2N2O3. The van der Waals surface area contributed by atoms with E-state index in [-0.39, 0.29) is 42.4 Å². The molecule has 1 aromatic carbocycles. The zero-order valence-electron chi connectivity index (χ0n) is 12.4. The predicted octanol–water partition coefficient (Wildman–Crippen LogP) is 2.39. The smallest absolute Gasteiger partial charge is 0.200 e. The van der Waals surface area contributed by atoms with Crippen LogP contribution in [0.1, 0.15) is 30.9 Å². The number of halogens is 2. The summed E-state index contributed by atoms with van der Waals surface area (Å²) in [5, 5.41) is 32.8. The molecule has 0 aromatic heterocycles. The van der Waals surface area contributed by atoms with E-state index in [4.69, 9.17) is 0 Å². The molecule has 7 heteroatoms. The summed E-state index contributed by atoms with van der Waals surface area (Å²) in [5.74, 6) is -0.302. The van der Waals surface area contributed by atoms with E-state index in [1.165, 1.54) is 12.5 Å². The molecule has 0 radical (unpaired) electrons. The standard InChI is InChI=1S/C15H22N2O3.2ClH/c18-12-5-4-11(14(19)15(12)20)13(10-2-1-3-10)17-8-6-16-7-9-17;;/h4-5,10,13,16,18-20H,1-3,6-9H2;2*1H/t13-;;/m0../s1. The molecule has 5 nitrogen and oxygen atoms in total. The van der Waals surface area contributed by atoms with Crippen molar-refractivity contribution in [1.29, 1.82) is 0 Å². The van der Waals surface area contributed by atoms with Crippen molar-refractivity contribution in [3.8, 4) is 17.2 Å². The molecule has 126 valence electrons. The van der Waals surface area contributed by atoms with Gasteiger partial charge in [-0.15, -0.1) is 24.8 Å². The molecule has 0 unspecified atom stereocenters. The molecule has 3 rings (SSSR count). The summed E-state index contributed by atoms with van der Waals surface area (Å²) >= 11 is 0. The Bertz CT molecular complexity index is 492. The SMILES string of the molecule is Cl.Cl.Oc1ccc([C@H](C2CCC2)N2CCNCC2)c(O)c1O. The van der Waals surface area contributed by atoms with Crippen molar-refractivity contribution in [1.82, 2.24) is 10.2 Å². The lowest BCUT2D eigenvalue weighted by Gasteiger charge is -2.43. The third-order valence-electron chi connectivity index (χ3n) is 4.62. The summed E-state index contributed by atoms with van der Waals surface area (Å²) < 4.78 is 0. The van der Waals surface area contributed by atoms with Gasteiger partial charge in [0.2, 0.25) is 5.75 Å². The lowest BCUT2D eigenvalue weighted by Crippen LogP contribution is -2.47. The number of hydrogen-bond donors (Lipinski definition) is 4. The Morgan fingerprint density at radius 2 is 1.64 bits per heavy atom. The van der Waals surface area contributed by atoms with E-state index in [1.54, 1.807) is 6.07 Å². The second kappa shape index (κ2) is 8.11. The lowest BCUT2D eigenvalue weighted by atomic mass is 9.76. The molecule has 4 N–H and O–H groups in total. The van der Waals surface area contributed by atoms with Crippen LogP contribution >= 0.6 is 24.8 Å². The average Bonchev–Trinajstić information content (AvgIpc) is 2.42. The molecule has 1 saturated heterocycles. The number of piperazine rings is 1. The van der Waals surface area contributed by atoms with Crippen molar-refractivity contribution in [3.63, 3.8) is 0 Å². The highest BCUT2D eigenvalue weighted by atomic mass is 35.5. The predicted molar refractivity (Wildman–Crippen MR) is 90.5 cm³/mol. The van der Waals surface area contributed by atoms with Crippen LogP contribution in [0.15, 0.2) is 12.1 Å². The van der Waals surface area contributed by atoms with Gasteiger partial charge in [0.1, 0.15) is 0 Å². The first kappa shape index (κ1) is 19.2. The fourth-order valence-electron chi connectivity index (χ4n) is 3.29. The number of rotatable bonds is 3. The van der Waals surface area contributed by atoms with E-state index in [1.807, 2.05) is 0 Å². The van der Waals surface area contributed by atoms with Crippen LogP contribution in [0, 0.1) is 5.92 Å². The van der Waals surface area contributed by atoms with E-state index >= 15 is 0 Å². The first-order chi connectivity index (χ1) is 9.68. The Hall–Kier alpha value is -0.880. The zero-order valence-corrected chi connectivity index (χ0v) is 14.0. The molecule has 0 amide bonds. The van der Waals surface area contributed by atoms with E-state index in [9.17, 15) is 15.3 Å². The minimum atomic E-state index is -0.401. The van der Waals surface area contributed by atoms with Gasteiger partial charge in [-0.3, -0.25) is 4.90 Å². The summed E-state index contributed by atoms with van der Waals surface area (Å²) in [6, 6.07) is 3.35. The molecule has 0 spiro atoms. The molecule has 2 fully saturated rings. The van der Waals surface area contributed by atoms with Crippen LogP contribution in [0.3, 0.4) is 0 Å². The van der Waals surface area contributed by atoms with E-state index in [0.29, 0.717) is 5.92 Å². The largest absolute Gasteiger partial charge is 0.504 e. The Morgan fingerprint density at radius 3 is 2.18 bits per heavy atom. The van der Waals surface area contributed by atoms with Crippen LogP contribution in [0.4, 0.5) is 0 Å². The number of hydrogen-bond acceptors (Lipinski definition) is 5. The minimum absolute atomic E-state index is 0. The molecule has 1 aliphatic heterocycles. The zero-order chi connectivity index (χ0) is 14.1. The highest BCUT2D eigenvalue weighted by Crippen LogP contribution is 2.48. The maximum absolute atomic E-state index is 10.2. The van der Waals surface area contributed by atoms with Crippen LogP contribution in [0.2, 0.25) is 0 Å². The van der Waals surface area contributed by atoms with Crippen molar-refractivity contribution in [2.75, 3.05) is 26.2 Å². The fourth-order valence-corrected chi connectivity index (χ4v) is 3.29. The third kappa shape index (κ3) is 3.54. The number of nitrogens with one attached hydrogen (secondary N) is 1. The van der Waals surface area contributed by atoms with Gasteiger partial charge in [0.15, 0.2) is 11.5 Å². The van der Waals surface area contributed by atoms with Gasteiger partial charge in [0.25, 0.3) is 0 Å². The fraction of sp³-hybridized carbons (Fsp3) is 0.600. The average molecular weight is 351 g/mol. The van der Waals surface area contributed by atoms with Gasteiger partial charge < -0.3 is 20.6 Å². The highest BCUT2D eigenvalue weighted by molar-refractivity contribution is 5.85. The maximum atomic E-state index is 10.2. The number of benzene rings is 1. The van der Waals surface area contributed by atoms with Crippen LogP contribution in [0.25, 0.3) is 0 Å². The van der Waals surface area contributed by atoms with Crippen molar-refractivity contribution in [3.05, 3.63) is 17.7 Å². The molecule has 1 heterocycles. The molecule has 1 aliphatic carbocycles. The van der Waals surface area contributed by atoms with Crippen molar-refractivity contribution in [2.24, 2.45) is 5.92 Å². The Morgan fingerprint density at radius 1 is 1.00 bits per heavy atom. The summed E-state index contributed by atoms with van der Waals surface area (Å²) in [7, 11) is 0. The minimum Gasteiger partial charge on any atom is -0.504 e. The van der Waals surface area contributed by atoms with Gasteiger partial charge in [0, 0.05) is 37.8 Å².